The lowest BCUT2D eigenvalue weighted by Gasteiger charge is -2.33. The Kier molecular flexibility index (Phi) is 7.96. The third kappa shape index (κ3) is 5.58. The Balaban J connectivity index is 0.00000225. The van der Waals surface area contributed by atoms with Gasteiger partial charge in [-0.25, -0.2) is 4.98 Å². The normalized spacial score (nSPS) is 15.7. The lowest BCUT2D eigenvalue weighted by molar-refractivity contribution is 0.299. The van der Waals surface area contributed by atoms with E-state index in [4.69, 9.17) is 9.41 Å². The largest absolute Gasteiger partial charge is 0.469 e. The van der Waals surface area contributed by atoms with Crippen LogP contribution in [0.25, 0.3) is 0 Å². The highest BCUT2D eigenvalue weighted by Crippen LogP contribution is 2.24. The molecule has 3 rings (SSSR count). The van der Waals surface area contributed by atoms with Crippen molar-refractivity contribution < 1.29 is 4.42 Å². The van der Waals surface area contributed by atoms with Crippen LogP contribution in [0, 0.1) is 0 Å². The molecule has 136 valence electrons. The van der Waals surface area contributed by atoms with Crippen molar-refractivity contribution in [3.63, 3.8) is 0 Å². The minimum absolute atomic E-state index is 0. The fourth-order valence-corrected chi connectivity index (χ4v) is 2.93. The molecule has 2 aromatic rings. The number of aromatic nitrogens is 3. The van der Waals surface area contributed by atoms with Gasteiger partial charge in [0.2, 0.25) is 0 Å². The topological polar surface area (TPSA) is 82.3 Å². The number of piperidine rings is 1. The molecule has 1 saturated heterocycles. The first-order valence-electron chi connectivity index (χ1n) is 8.38. The second kappa shape index (κ2) is 10.2. The van der Waals surface area contributed by atoms with Crippen LogP contribution in [0.5, 0.6) is 0 Å². The lowest BCUT2D eigenvalue weighted by atomic mass is 9.96. The SMILES string of the molecule is C=CCNC(=NCCc1ccco1)N1CCC(c2ncn[nH]2)CC1.I. The summed E-state index contributed by atoms with van der Waals surface area (Å²) in [5.74, 6) is 3.35. The molecule has 1 aliphatic rings. The van der Waals surface area contributed by atoms with Gasteiger partial charge in [-0.05, 0) is 25.0 Å². The van der Waals surface area contributed by atoms with Crippen LogP contribution in [0.4, 0.5) is 0 Å². The van der Waals surface area contributed by atoms with Gasteiger partial charge < -0.3 is 14.6 Å². The fourth-order valence-electron chi connectivity index (χ4n) is 2.93. The van der Waals surface area contributed by atoms with Crippen molar-refractivity contribution in [2.24, 2.45) is 4.99 Å². The highest BCUT2D eigenvalue weighted by atomic mass is 127. The molecule has 0 atom stereocenters. The van der Waals surface area contributed by atoms with Gasteiger partial charge in [0.25, 0.3) is 0 Å². The van der Waals surface area contributed by atoms with Gasteiger partial charge in [-0.1, -0.05) is 6.08 Å². The Labute approximate surface area is 165 Å². The number of aromatic amines is 1. The number of likely N-dealkylation sites (tertiary alicyclic amines) is 1. The molecule has 0 bridgehead atoms. The minimum atomic E-state index is 0. The van der Waals surface area contributed by atoms with E-state index in [9.17, 15) is 0 Å². The first kappa shape index (κ1) is 19.5. The zero-order valence-corrected chi connectivity index (χ0v) is 16.6. The molecule has 2 aromatic heterocycles. The number of hydrogen-bond acceptors (Lipinski definition) is 4. The number of nitrogens with zero attached hydrogens (tertiary/aromatic N) is 4. The molecule has 0 unspecified atom stereocenters. The zero-order chi connectivity index (χ0) is 16.6. The van der Waals surface area contributed by atoms with E-state index in [1.54, 1.807) is 12.6 Å². The van der Waals surface area contributed by atoms with Crippen LogP contribution in [0.1, 0.15) is 30.3 Å². The summed E-state index contributed by atoms with van der Waals surface area (Å²) < 4.78 is 5.36. The molecular formula is C17H25IN6O. The summed E-state index contributed by atoms with van der Waals surface area (Å²) in [6.45, 7) is 7.09. The van der Waals surface area contributed by atoms with Crippen molar-refractivity contribution in [3.8, 4) is 0 Å². The van der Waals surface area contributed by atoms with Crippen molar-refractivity contribution in [1.82, 2.24) is 25.4 Å². The Bertz CT molecular complexity index is 632. The molecule has 0 aromatic carbocycles. The highest BCUT2D eigenvalue weighted by molar-refractivity contribution is 14.0. The van der Waals surface area contributed by atoms with Crippen molar-refractivity contribution in [3.05, 3.63) is 49.0 Å². The Morgan fingerprint density at radius 1 is 1.48 bits per heavy atom. The van der Waals surface area contributed by atoms with Gasteiger partial charge in [-0.15, -0.1) is 30.6 Å². The number of rotatable bonds is 6. The summed E-state index contributed by atoms with van der Waals surface area (Å²) in [5.41, 5.74) is 0. The Hall–Kier alpha value is -1.84. The van der Waals surface area contributed by atoms with E-state index in [0.29, 0.717) is 19.0 Å². The van der Waals surface area contributed by atoms with E-state index >= 15 is 0 Å². The van der Waals surface area contributed by atoms with E-state index in [1.165, 1.54) is 0 Å². The molecule has 1 fully saturated rings. The van der Waals surface area contributed by atoms with Gasteiger partial charge in [-0.2, -0.15) is 5.10 Å². The second-order valence-electron chi connectivity index (χ2n) is 5.84. The van der Waals surface area contributed by atoms with Gasteiger partial charge in [0.1, 0.15) is 17.9 Å². The average Bonchev–Trinajstić information content (AvgIpc) is 3.32. The molecule has 0 saturated carbocycles. The van der Waals surface area contributed by atoms with Gasteiger partial charge in [0, 0.05) is 38.5 Å². The first-order chi connectivity index (χ1) is 11.9. The van der Waals surface area contributed by atoms with Crippen LogP contribution in [-0.2, 0) is 6.42 Å². The van der Waals surface area contributed by atoms with Crippen molar-refractivity contribution in [1.29, 1.82) is 0 Å². The second-order valence-corrected chi connectivity index (χ2v) is 5.84. The summed E-state index contributed by atoms with van der Waals surface area (Å²) >= 11 is 0. The lowest BCUT2D eigenvalue weighted by Crippen LogP contribution is -2.45. The fraction of sp³-hybridized carbons (Fsp3) is 0.471. The highest BCUT2D eigenvalue weighted by Gasteiger charge is 2.24. The van der Waals surface area contributed by atoms with Crippen molar-refractivity contribution in [2.45, 2.75) is 25.2 Å². The van der Waals surface area contributed by atoms with E-state index in [1.807, 2.05) is 18.2 Å². The number of guanidine groups is 1. The summed E-state index contributed by atoms with van der Waals surface area (Å²) in [6.07, 6.45) is 8.02. The molecule has 7 nitrogen and oxygen atoms in total. The number of hydrogen-bond donors (Lipinski definition) is 2. The van der Waals surface area contributed by atoms with Crippen LogP contribution in [-0.4, -0.2) is 52.2 Å². The Morgan fingerprint density at radius 2 is 2.32 bits per heavy atom. The van der Waals surface area contributed by atoms with Crippen LogP contribution in [0.2, 0.25) is 0 Å². The third-order valence-corrected chi connectivity index (χ3v) is 4.22. The van der Waals surface area contributed by atoms with Crippen molar-refractivity contribution in [2.75, 3.05) is 26.2 Å². The smallest absolute Gasteiger partial charge is 0.194 e. The van der Waals surface area contributed by atoms with Gasteiger partial charge >= 0.3 is 0 Å². The number of halogens is 1. The summed E-state index contributed by atoms with van der Waals surface area (Å²) in [4.78, 5) is 11.3. The molecular weight excluding hydrogens is 431 g/mol. The predicted molar refractivity (Wildman–Crippen MR) is 108 cm³/mol. The van der Waals surface area contributed by atoms with Crippen LogP contribution < -0.4 is 5.32 Å². The number of H-pyrrole nitrogens is 1. The van der Waals surface area contributed by atoms with E-state index in [-0.39, 0.29) is 24.0 Å². The molecule has 0 radical (unpaired) electrons. The quantitative estimate of drug-likeness (QED) is 0.302. The van der Waals surface area contributed by atoms with Gasteiger partial charge in [0.05, 0.1) is 6.26 Å². The number of aliphatic imine (C=N–C) groups is 1. The van der Waals surface area contributed by atoms with Crippen LogP contribution >= 0.6 is 24.0 Å². The molecule has 0 aliphatic carbocycles. The standard InChI is InChI=1S/C17H24N6O.HI/c1-2-8-18-17(19-9-5-15-4-3-12-24-15)23-10-6-14(7-11-23)16-20-13-21-22-16;/h2-4,12-14H,1,5-11H2,(H,18,19)(H,20,21,22);1H. The van der Waals surface area contributed by atoms with Gasteiger partial charge in [0.15, 0.2) is 5.96 Å². The minimum Gasteiger partial charge on any atom is -0.469 e. The summed E-state index contributed by atoms with van der Waals surface area (Å²) in [6, 6.07) is 3.89. The average molecular weight is 456 g/mol. The van der Waals surface area contributed by atoms with E-state index < -0.39 is 0 Å². The molecule has 0 spiro atoms. The zero-order valence-electron chi connectivity index (χ0n) is 14.2. The van der Waals surface area contributed by atoms with E-state index in [2.05, 4.69) is 32.0 Å². The molecule has 0 amide bonds. The summed E-state index contributed by atoms with van der Waals surface area (Å²) in [5, 5.41) is 10.3. The Morgan fingerprint density at radius 3 is 2.96 bits per heavy atom. The van der Waals surface area contributed by atoms with Crippen LogP contribution in [0.3, 0.4) is 0 Å². The third-order valence-electron chi connectivity index (χ3n) is 4.22. The summed E-state index contributed by atoms with van der Waals surface area (Å²) in [7, 11) is 0. The number of nitrogens with one attached hydrogen (secondary N) is 2. The van der Waals surface area contributed by atoms with Crippen molar-refractivity contribution >= 4 is 29.9 Å². The maximum atomic E-state index is 5.36. The maximum Gasteiger partial charge on any atom is 0.194 e. The number of furan rings is 1. The maximum absolute atomic E-state index is 5.36. The first-order valence-corrected chi connectivity index (χ1v) is 8.38. The molecule has 8 heteroatoms. The predicted octanol–water partition coefficient (Wildman–Crippen LogP) is 2.57. The van der Waals surface area contributed by atoms with E-state index in [0.717, 1.165) is 49.9 Å². The molecule has 25 heavy (non-hydrogen) atoms. The van der Waals surface area contributed by atoms with Crippen LogP contribution in [0.15, 0.2) is 46.8 Å². The molecule has 1 aliphatic heterocycles. The molecule has 3 heterocycles. The monoisotopic (exact) mass is 456 g/mol. The molecule has 2 N–H and O–H groups in total. The van der Waals surface area contributed by atoms with Gasteiger partial charge in [-0.3, -0.25) is 10.1 Å².